The summed E-state index contributed by atoms with van der Waals surface area (Å²) in [6, 6.07) is 18.1. The van der Waals surface area contributed by atoms with E-state index in [1.54, 1.807) is 6.20 Å². The molecule has 31 heavy (non-hydrogen) atoms. The summed E-state index contributed by atoms with van der Waals surface area (Å²) in [6.45, 7) is 3.60. The highest BCUT2D eigenvalue weighted by Crippen LogP contribution is 2.36. The lowest BCUT2D eigenvalue weighted by Gasteiger charge is -2.39. The molecule has 2 aliphatic rings. The minimum absolute atomic E-state index is 0.213. The number of halogens is 1. The van der Waals surface area contributed by atoms with Crippen molar-refractivity contribution in [2.24, 2.45) is 10.7 Å². The minimum atomic E-state index is -0.213. The maximum atomic E-state index is 9.62. The van der Waals surface area contributed by atoms with E-state index in [2.05, 4.69) is 20.9 Å². The predicted molar refractivity (Wildman–Crippen MR) is 126 cm³/mol. The largest absolute Gasteiger partial charge is 0.390 e. The number of nitrogens with zero attached hydrogens (tertiary/aromatic N) is 4. The van der Waals surface area contributed by atoms with Gasteiger partial charge in [-0.1, -0.05) is 48.0 Å². The van der Waals surface area contributed by atoms with Crippen LogP contribution in [0, 0.1) is 0 Å². The molecule has 0 aliphatic carbocycles. The molecular formula is C24H24ClN5O. The zero-order chi connectivity index (χ0) is 21.4. The molecule has 158 valence electrons. The van der Waals surface area contributed by atoms with E-state index in [1.165, 1.54) is 0 Å². The third-order valence-electron chi connectivity index (χ3n) is 5.75. The molecular weight excluding hydrogens is 410 g/mol. The van der Waals surface area contributed by atoms with Gasteiger partial charge >= 0.3 is 0 Å². The van der Waals surface area contributed by atoms with Crippen molar-refractivity contribution in [2.45, 2.75) is 6.10 Å². The maximum Gasteiger partial charge on any atom is 0.119 e. The van der Waals surface area contributed by atoms with E-state index in [0.29, 0.717) is 17.4 Å². The molecule has 3 aromatic rings. The molecule has 0 unspecified atom stereocenters. The van der Waals surface area contributed by atoms with Crippen LogP contribution < -0.4 is 5.73 Å². The highest BCUT2D eigenvalue weighted by Gasteiger charge is 2.28. The van der Waals surface area contributed by atoms with Gasteiger partial charge in [-0.25, -0.2) is 4.99 Å². The molecule has 7 heteroatoms. The summed E-state index contributed by atoms with van der Waals surface area (Å²) in [6.07, 6.45) is 1.54. The van der Waals surface area contributed by atoms with Gasteiger partial charge in [0.25, 0.3) is 0 Å². The predicted octanol–water partition coefficient (Wildman–Crippen LogP) is 3.06. The van der Waals surface area contributed by atoms with Gasteiger partial charge in [-0.05, 0) is 18.2 Å². The first-order valence-corrected chi connectivity index (χ1v) is 10.8. The third-order valence-corrected chi connectivity index (χ3v) is 6.04. The number of likely N-dealkylation sites (tertiary alicyclic amines) is 1. The second-order valence-corrected chi connectivity index (χ2v) is 8.44. The van der Waals surface area contributed by atoms with E-state index in [4.69, 9.17) is 22.3 Å². The molecule has 0 saturated carbocycles. The van der Waals surface area contributed by atoms with E-state index in [-0.39, 0.29) is 6.10 Å². The van der Waals surface area contributed by atoms with Crippen LogP contribution >= 0.6 is 11.6 Å². The summed E-state index contributed by atoms with van der Waals surface area (Å²) < 4.78 is 0. The number of benzene rings is 2. The topological polar surface area (TPSA) is 78.0 Å². The lowest BCUT2D eigenvalue weighted by molar-refractivity contribution is 0.000286. The molecule has 2 aromatic carbocycles. The number of pyridine rings is 1. The van der Waals surface area contributed by atoms with E-state index in [0.717, 1.165) is 59.6 Å². The fourth-order valence-electron chi connectivity index (χ4n) is 4.24. The van der Waals surface area contributed by atoms with Crippen molar-refractivity contribution in [1.29, 1.82) is 0 Å². The molecule has 5 rings (SSSR count). The number of β-amino-alcohol motifs (C(OH)–C–C–N with tert-alkyl or cyclic N) is 1. The van der Waals surface area contributed by atoms with E-state index >= 15 is 0 Å². The Morgan fingerprint density at radius 1 is 1.03 bits per heavy atom. The molecule has 3 N–H and O–H groups in total. The summed E-state index contributed by atoms with van der Waals surface area (Å²) >= 11 is 6.63. The van der Waals surface area contributed by atoms with Crippen LogP contribution in [0.5, 0.6) is 0 Å². The van der Waals surface area contributed by atoms with Crippen LogP contribution in [0.25, 0.3) is 22.3 Å². The van der Waals surface area contributed by atoms with Crippen LogP contribution in [0.2, 0.25) is 5.02 Å². The minimum Gasteiger partial charge on any atom is -0.390 e. The first-order chi connectivity index (χ1) is 15.1. The summed E-state index contributed by atoms with van der Waals surface area (Å²) in [5.41, 5.74) is 10.9. The fraction of sp³-hybridized carbons (Fsp3) is 0.250. The summed E-state index contributed by atoms with van der Waals surface area (Å²) in [5.74, 6) is 0.583. The number of hydrogen-bond donors (Lipinski definition) is 2. The van der Waals surface area contributed by atoms with Crippen molar-refractivity contribution in [3.05, 3.63) is 76.9 Å². The van der Waals surface area contributed by atoms with Gasteiger partial charge in [0.15, 0.2) is 0 Å². The number of aliphatic hydroxyl groups excluding tert-OH is 1. The van der Waals surface area contributed by atoms with Crippen molar-refractivity contribution in [2.75, 3.05) is 32.7 Å². The summed E-state index contributed by atoms with van der Waals surface area (Å²) in [7, 11) is 0. The second-order valence-electron chi connectivity index (χ2n) is 8.03. The van der Waals surface area contributed by atoms with Crippen molar-refractivity contribution in [1.82, 2.24) is 14.8 Å². The Balaban J connectivity index is 1.62. The first-order valence-electron chi connectivity index (χ1n) is 10.4. The molecule has 0 atom stereocenters. The van der Waals surface area contributed by atoms with Crippen molar-refractivity contribution < 1.29 is 5.11 Å². The summed E-state index contributed by atoms with van der Waals surface area (Å²) in [4.78, 5) is 13.7. The number of amidine groups is 1. The zero-order valence-corrected chi connectivity index (χ0v) is 17.8. The van der Waals surface area contributed by atoms with Gasteiger partial charge in [-0.3, -0.25) is 9.88 Å². The Kier molecular flexibility index (Phi) is 5.36. The fourth-order valence-corrected chi connectivity index (χ4v) is 4.51. The molecule has 6 nitrogen and oxygen atoms in total. The van der Waals surface area contributed by atoms with Crippen LogP contribution in [-0.2, 0) is 0 Å². The molecule has 0 bridgehead atoms. The van der Waals surface area contributed by atoms with E-state index in [9.17, 15) is 5.11 Å². The smallest absolute Gasteiger partial charge is 0.119 e. The van der Waals surface area contributed by atoms with E-state index < -0.39 is 0 Å². The van der Waals surface area contributed by atoms with Gasteiger partial charge in [0, 0.05) is 48.9 Å². The Bertz CT molecular complexity index is 1170. The Morgan fingerprint density at radius 2 is 1.84 bits per heavy atom. The number of aromatic nitrogens is 1. The molecule has 1 aromatic heterocycles. The number of fused-ring (bicyclic) bond motifs is 1. The van der Waals surface area contributed by atoms with Crippen molar-refractivity contribution in [3.63, 3.8) is 0 Å². The van der Waals surface area contributed by atoms with Crippen LogP contribution in [0.1, 0.15) is 11.1 Å². The van der Waals surface area contributed by atoms with Gasteiger partial charge in [-0.2, -0.15) is 0 Å². The number of rotatable bonds is 5. The first kappa shape index (κ1) is 20.0. The lowest BCUT2D eigenvalue weighted by atomic mass is 10.0. The van der Waals surface area contributed by atoms with Crippen LogP contribution in [-0.4, -0.2) is 64.6 Å². The Morgan fingerprint density at radius 3 is 2.61 bits per heavy atom. The average Bonchev–Trinajstić information content (AvgIpc) is 2.76. The van der Waals surface area contributed by atoms with Gasteiger partial charge in [0.05, 0.1) is 34.6 Å². The SMILES string of the molecule is NC1=NC(c2ccccc2)=C(c2cc(Cl)c3ncccc3c2)N(CCN2CC(O)C2)C1. The molecule has 1 saturated heterocycles. The summed E-state index contributed by atoms with van der Waals surface area (Å²) in [5, 5.41) is 11.2. The number of aliphatic hydroxyl groups is 1. The highest BCUT2D eigenvalue weighted by atomic mass is 35.5. The monoisotopic (exact) mass is 433 g/mol. The second kappa shape index (κ2) is 8.30. The average molecular weight is 434 g/mol. The van der Waals surface area contributed by atoms with Crippen molar-refractivity contribution in [3.8, 4) is 0 Å². The molecule has 1 fully saturated rings. The third kappa shape index (κ3) is 4.02. The molecule has 0 spiro atoms. The zero-order valence-electron chi connectivity index (χ0n) is 17.1. The van der Waals surface area contributed by atoms with Gasteiger partial charge in [-0.15, -0.1) is 0 Å². The standard InChI is InChI=1S/C24H24ClN5O/c25-20-12-18(11-17-7-4-8-27-22(17)20)24-23(16-5-2-1-3-6-16)28-21(26)15-30(24)10-9-29-13-19(31)14-29/h1-8,11-12,19,31H,9-10,13-15H2,(H2,26,28). The quantitative estimate of drug-likeness (QED) is 0.646. The van der Waals surface area contributed by atoms with Crippen LogP contribution in [0.15, 0.2) is 65.8 Å². The Labute approximate surface area is 186 Å². The lowest BCUT2D eigenvalue weighted by Crippen LogP contribution is -2.53. The van der Waals surface area contributed by atoms with Gasteiger partial charge < -0.3 is 15.7 Å². The van der Waals surface area contributed by atoms with Crippen LogP contribution in [0.4, 0.5) is 0 Å². The number of aliphatic imine (C=N–C) groups is 1. The maximum absolute atomic E-state index is 9.62. The normalized spacial score (nSPS) is 17.7. The van der Waals surface area contributed by atoms with E-state index in [1.807, 2.05) is 48.5 Å². The Hall–Kier alpha value is -2.93. The number of hydrogen-bond acceptors (Lipinski definition) is 6. The molecule has 0 amide bonds. The van der Waals surface area contributed by atoms with Crippen molar-refractivity contribution >= 4 is 39.7 Å². The molecule has 3 heterocycles. The number of nitrogens with two attached hydrogens (primary N) is 1. The van der Waals surface area contributed by atoms with Crippen LogP contribution in [0.3, 0.4) is 0 Å². The molecule has 2 aliphatic heterocycles. The molecule has 0 radical (unpaired) electrons. The highest BCUT2D eigenvalue weighted by molar-refractivity contribution is 6.35. The van der Waals surface area contributed by atoms with Gasteiger partial charge in [0.1, 0.15) is 5.84 Å². The van der Waals surface area contributed by atoms with Gasteiger partial charge in [0.2, 0.25) is 0 Å².